The Morgan fingerprint density at radius 1 is 1.00 bits per heavy atom. The Bertz CT molecular complexity index is 1050. The van der Waals surface area contributed by atoms with Gasteiger partial charge in [-0.15, -0.1) is 0 Å². The van der Waals surface area contributed by atoms with Crippen molar-refractivity contribution in [3.63, 3.8) is 0 Å². The summed E-state index contributed by atoms with van der Waals surface area (Å²) >= 11 is 0. The van der Waals surface area contributed by atoms with Crippen LogP contribution in [0.1, 0.15) is 11.1 Å². The lowest BCUT2D eigenvalue weighted by atomic mass is 9.95. The van der Waals surface area contributed by atoms with Crippen molar-refractivity contribution in [3.05, 3.63) is 78.0 Å². The largest absolute Gasteiger partial charge is 0.454 e. The molecule has 4 nitrogen and oxygen atoms in total. The number of hydrogen-bond acceptors (Lipinski definition) is 4. The maximum Gasteiger partial charge on any atom is 0.153 e. The zero-order valence-corrected chi connectivity index (χ0v) is 15.3. The molecule has 2 N–H and O–H groups in total. The number of benzene rings is 2. The van der Waals surface area contributed by atoms with Crippen LogP contribution in [-0.2, 0) is 6.54 Å². The number of pyridine rings is 1. The van der Waals surface area contributed by atoms with Crippen molar-refractivity contribution in [3.8, 4) is 22.5 Å². The molecule has 136 valence electrons. The molecule has 0 radical (unpaired) electrons. The maximum absolute atomic E-state index is 8.88. The third-order valence-corrected chi connectivity index (χ3v) is 4.73. The molecule has 0 aliphatic heterocycles. The van der Waals surface area contributed by atoms with Crippen LogP contribution in [-0.4, -0.2) is 23.2 Å². The predicted molar refractivity (Wildman–Crippen MR) is 108 cm³/mol. The van der Waals surface area contributed by atoms with Crippen molar-refractivity contribution in [2.45, 2.75) is 13.5 Å². The van der Waals surface area contributed by atoms with Gasteiger partial charge < -0.3 is 14.8 Å². The van der Waals surface area contributed by atoms with Gasteiger partial charge in [0, 0.05) is 30.9 Å². The van der Waals surface area contributed by atoms with Crippen molar-refractivity contribution in [1.82, 2.24) is 10.3 Å². The van der Waals surface area contributed by atoms with Crippen molar-refractivity contribution in [2.75, 3.05) is 13.2 Å². The fourth-order valence-corrected chi connectivity index (χ4v) is 3.33. The first-order chi connectivity index (χ1) is 13.3. The smallest absolute Gasteiger partial charge is 0.153 e. The first-order valence-corrected chi connectivity index (χ1v) is 9.12. The molecule has 4 aromatic rings. The van der Waals surface area contributed by atoms with Crippen LogP contribution in [0.3, 0.4) is 0 Å². The van der Waals surface area contributed by atoms with Crippen molar-refractivity contribution < 1.29 is 9.52 Å². The van der Waals surface area contributed by atoms with Crippen LogP contribution in [0, 0.1) is 6.92 Å². The van der Waals surface area contributed by atoms with Gasteiger partial charge >= 0.3 is 0 Å². The third kappa shape index (κ3) is 3.63. The second-order valence-corrected chi connectivity index (χ2v) is 6.58. The Labute approximate surface area is 158 Å². The highest BCUT2D eigenvalue weighted by Gasteiger charge is 2.13. The monoisotopic (exact) mass is 358 g/mol. The van der Waals surface area contributed by atoms with E-state index in [1.807, 2.05) is 24.4 Å². The quantitative estimate of drug-likeness (QED) is 0.496. The summed E-state index contributed by atoms with van der Waals surface area (Å²) < 4.78 is 6.13. The van der Waals surface area contributed by atoms with Gasteiger partial charge in [-0.3, -0.25) is 4.98 Å². The first-order valence-electron chi connectivity index (χ1n) is 9.12. The summed E-state index contributed by atoms with van der Waals surface area (Å²) in [4.78, 5) is 4.52. The van der Waals surface area contributed by atoms with Gasteiger partial charge in [0.15, 0.2) is 5.58 Å². The minimum atomic E-state index is 0.123. The zero-order valence-electron chi connectivity index (χ0n) is 15.3. The minimum Gasteiger partial charge on any atom is -0.454 e. The fraction of sp³-hybridized carbons (Fsp3) is 0.174. The molecule has 0 atom stereocenters. The van der Waals surface area contributed by atoms with E-state index in [0.717, 1.165) is 28.0 Å². The highest BCUT2D eigenvalue weighted by atomic mass is 16.3. The molecule has 27 heavy (non-hydrogen) atoms. The van der Waals surface area contributed by atoms with Gasteiger partial charge in [-0.1, -0.05) is 48.5 Å². The summed E-state index contributed by atoms with van der Waals surface area (Å²) in [5, 5.41) is 12.0. The molecule has 4 heteroatoms. The number of aliphatic hydroxyl groups excluding tert-OH is 1. The molecular weight excluding hydrogens is 336 g/mol. The first kappa shape index (κ1) is 17.5. The number of aliphatic hydroxyl groups is 1. The van der Waals surface area contributed by atoms with E-state index in [1.165, 1.54) is 16.7 Å². The Morgan fingerprint density at radius 2 is 1.81 bits per heavy atom. The summed E-state index contributed by atoms with van der Waals surface area (Å²) in [5.74, 6) is 0.827. The average Bonchev–Trinajstić information content (AvgIpc) is 3.12. The van der Waals surface area contributed by atoms with Crippen LogP contribution in [0.5, 0.6) is 0 Å². The van der Waals surface area contributed by atoms with E-state index >= 15 is 0 Å². The van der Waals surface area contributed by atoms with Crippen LogP contribution >= 0.6 is 0 Å². The van der Waals surface area contributed by atoms with Crippen LogP contribution in [0.4, 0.5) is 0 Å². The van der Waals surface area contributed by atoms with E-state index in [0.29, 0.717) is 13.1 Å². The van der Waals surface area contributed by atoms with E-state index in [9.17, 15) is 0 Å². The summed E-state index contributed by atoms with van der Waals surface area (Å²) in [7, 11) is 0. The molecule has 0 aliphatic carbocycles. The molecule has 0 saturated carbocycles. The Hall–Kier alpha value is -2.95. The number of aromatic nitrogens is 1. The van der Waals surface area contributed by atoms with Crippen LogP contribution in [0.15, 0.2) is 71.3 Å². The number of nitrogens with zero attached hydrogens (tertiary/aromatic N) is 1. The second-order valence-electron chi connectivity index (χ2n) is 6.58. The lowest BCUT2D eigenvalue weighted by Gasteiger charge is -2.09. The fourth-order valence-electron chi connectivity index (χ4n) is 3.33. The summed E-state index contributed by atoms with van der Waals surface area (Å²) in [5.41, 5.74) is 7.32. The molecular formula is C23H22N2O2. The maximum atomic E-state index is 8.88. The van der Waals surface area contributed by atoms with Crippen LogP contribution in [0.2, 0.25) is 0 Å². The Balaban J connectivity index is 1.70. The predicted octanol–water partition coefficient (Wildman–Crippen LogP) is 4.55. The normalized spacial score (nSPS) is 11.2. The van der Waals surface area contributed by atoms with Gasteiger partial charge in [-0.2, -0.15) is 0 Å². The zero-order chi connectivity index (χ0) is 18.6. The highest BCUT2D eigenvalue weighted by molar-refractivity contribution is 5.83. The van der Waals surface area contributed by atoms with Crippen molar-refractivity contribution >= 4 is 11.1 Å². The molecule has 0 spiro atoms. The van der Waals surface area contributed by atoms with Crippen LogP contribution in [0.25, 0.3) is 33.6 Å². The van der Waals surface area contributed by atoms with E-state index in [4.69, 9.17) is 9.52 Å². The lowest BCUT2D eigenvalue weighted by Crippen LogP contribution is -2.17. The Morgan fingerprint density at radius 3 is 2.63 bits per heavy atom. The van der Waals surface area contributed by atoms with Crippen molar-refractivity contribution in [2.24, 2.45) is 0 Å². The lowest BCUT2D eigenvalue weighted by molar-refractivity contribution is 0.292. The molecule has 0 fully saturated rings. The van der Waals surface area contributed by atoms with Gasteiger partial charge in [0.1, 0.15) is 11.3 Å². The van der Waals surface area contributed by atoms with Crippen LogP contribution < -0.4 is 5.32 Å². The summed E-state index contributed by atoms with van der Waals surface area (Å²) in [6.45, 7) is 3.47. The van der Waals surface area contributed by atoms with E-state index in [-0.39, 0.29) is 6.61 Å². The minimum absolute atomic E-state index is 0.123. The topological polar surface area (TPSA) is 58.3 Å². The number of nitrogens with one attached hydrogen (secondary N) is 1. The standard InChI is InChI=1S/C23H22N2O2/c1-16-19(18-6-3-2-4-7-18)8-5-9-20(16)22-13-21-23(27-22)12-17(15-25-21)14-24-10-11-26/h2-9,12-13,15,24,26H,10-11,14H2,1H3. The third-order valence-electron chi connectivity index (χ3n) is 4.73. The van der Waals surface area contributed by atoms with Gasteiger partial charge in [-0.05, 0) is 35.2 Å². The molecule has 2 heterocycles. The summed E-state index contributed by atoms with van der Waals surface area (Å²) in [6.07, 6.45) is 1.85. The van der Waals surface area contributed by atoms with Gasteiger partial charge in [0.25, 0.3) is 0 Å². The van der Waals surface area contributed by atoms with E-state index in [1.54, 1.807) is 0 Å². The number of hydrogen-bond donors (Lipinski definition) is 2. The van der Waals surface area contributed by atoms with Gasteiger partial charge in [0.2, 0.25) is 0 Å². The number of rotatable bonds is 6. The molecule has 4 rings (SSSR count). The molecule has 0 unspecified atom stereocenters. The average molecular weight is 358 g/mol. The molecule has 0 bridgehead atoms. The molecule has 2 aromatic carbocycles. The van der Waals surface area contributed by atoms with E-state index < -0.39 is 0 Å². The molecule has 0 saturated heterocycles. The number of fused-ring (bicyclic) bond motifs is 1. The SMILES string of the molecule is Cc1c(-c2ccccc2)cccc1-c1cc2ncc(CNCCO)cc2o1. The Kier molecular flexibility index (Phi) is 5.01. The second kappa shape index (κ2) is 7.74. The number of furan rings is 1. The summed E-state index contributed by atoms with van der Waals surface area (Å²) in [6, 6.07) is 20.7. The van der Waals surface area contributed by atoms with Gasteiger partial charge in [-0.25, -0.2) is 0 Å². The molecule has 2 aromatic heterocycles. The van der Waals surface area contributed by atoms with Crippen molar-refractivity contribution in [1.29, 1.82) is 0 Å². The van der Waals surface area contributed by atoms with Gasteiger partial charge in [0.05, 0.1) is 6.61 Å². The highest BCUT2D eigenvalue weighted by Crippen LogP contribution is 2.34. The van der Waals surface area contributed by atoms with E-state index in [2.05, 4.69) is 59.7 Å². The molecule has 0 aliphatic rings. The molecule has 0 amide bonds.